The van der Waals surface area contributed by atoms with Crippen molar-refractivity contribution in [2.45, 2.75) is 13.8 Å². The predicted octanol–water partition coefficient (Wildman–Crippen LogP) is 1.96. The number of ether oxygens (including phenoxy) is 1. The molecule has 0 aliphatic rings. The third kappa shape index (κ3) is 5.56. The topological polar surface area (TPSA) is 67.4 Å². The van der Waals surface area contributed by atoms with E-state index < -0.39 is 11.8 Å². The summed E-state index contributed by atoms with van der Waals surface area (Å²) in [5.74, 6) is -0.337. The van der Waals surface area contributed by atoms with Gasteiger partial charge in [0.05, 0.1) is 0 Å². The molecule has 0 aliphatic heterocycles. The van der Waals surface area contributed by atoms with Gasteiger partial charge in [0.25, 0.3) is 0 Å². The highest BCUT2D eigenvalue weighted by Crippen LogP contribution is 2.15. The zero-order valence-electron chi connectivity index (χ0n) is 11.8. The maximum atomic E-state index is 11.6. The van der Waals surface area contributed by atoms with Crippen LogP contribution in [0.3, 0.4) is 0 Å². The fourth-order valence-corrected chi connectivity index (χ4v) is 1.35. The lowest BCUT2D eigenvalue weighted by Crippen LogP contribution is -2.37. The number of rotatable bonds is 6. The van der Waals surface area contributed by atoms with Crippen LogP contribution in [0.1, 0.15) is 13.8 Å². The van der Waals surface area contributed by atoms with E-state index in [0.717, 1.165) is 0 Å². The molecule has 5 nitrogen and oxygen atoms in total. The zero-order chi connectivity index (χ0) is 15.0. The average molecular weight is 276 g/mol. The Morgan fingerprint density at radius 1 is 1.25 bits per heavy atom. The summed E-state index contributed by atoms with van der Waals surface area (Å²) >= 11 is 0. The van der Waals surface area contributed by atoms with Crippen molar-refractivity contribution in [2.24, 2.45) is 5.92 Å². The van der Waals surface area contributed by atoms with Gasteiger partial charge in [0.2, 0.25) is 0 Å². The van der Waals surface area contributed by atoms with Crippen LogP contribution in [0.4, 0.5) is 5.69 Å². The Morgan fingerprint density at radius 2 is 1.90 bits per heavy atom. The molecule has 1 rings (SSSR count). The third-order valence-corrected chi connectivity index (χ3v) is 2.36. The molecule has 0 radical (unpaired) electrons. The number of benzene rings is 1. The molecule has 0 bridgehead atoms. The number of hydrogen-bond donors (Lipinski definition) is 2. The van der Waals surface area contributed by atoms with Gasteiger partial charge in [0.1, 0.15) is 12.4 Å². The van der Waals surface area contributed by atoms with Crippen molar-refractivity contribution in [3.05, 3.63) is 36.9 Å². The van der Waals surface area contributed by atoms with Crippen LogP contribution < -0.4 is 15.4 Å². The van der Waals surface area contributed by atoms with Gasteiger partial charge in [-0.1, -0.05) is 26.5 Å². The Balaban J connectivity index is 2.49. The van der Waals surface area contributed by atoms with Gasteiger partial charge in [0, 0.05) is 12.2 Å². The summed E-state index contributed by atoms with van der Waals surface area (Å²) in [6.45, 7) is 8.37. The number of anilines is 1. The van der Waals surface area contributed by atoms with Crippen LogP contribution in [0, 0.1) is 5.92 Å². The maximum absolute atomic E-state index is 11.6. The summed E-state index contributed by atoms with van der Waals surface area (Å²) in [5, 5.41) is 5.08. The van der Waals surface area contributed by atoms with E-state index in [1.54, 1.807) is 30.3 Å². The molecule has 0 atom stereocenters. The lowest BCUT2D eigenvalue weighted by Gasteiger charge is -2.09. The zero-order valence-corrected chi connectivity index (χ0v) is 11.8. The lowest BCUT2D eigenvalue weighted by molar-refractivity contribution is -0.136. The molecule has 2 N–H and O–H groups in total. The van der Waals surface area contributed by atoms with Crippen molar-refractivity contribution in [1.29, 1.82) is 0 Å². The fraction of sp³-hybridized carbons (Fsp3) is 0.333. The summed E-state index contributed by atoms with van der Waals surface area (Å²) in [6.07, 6.45) is 1.65. The minimum atomic E-state index is -0.676. The molecule has 0 unspecified atom stereocenters. The van der Waals surface area contributed by atoms with Gasteiger partial charge in [-0.2, -0.15) is 0 Å². The Morgan fingerprint density at radius 3 is 2.45 bits per heavy atom. The fourth-order valence-electron chi connectivity index (χ4n) is 1.35. The Hall–Kier alpha value is -2.30. The van der Waals surface area contributed by atoms with Gasteiger partial charge in [0.15, 0.2) is 0 Å². The van der Waals surface area contributed by atoms with Crippen LogP contribution in [0.2, 0.25) is 0 Å². The molecule has 0 saturated carbocycles. The van der Waals surface area contributed by atoms with Crippen LogP contribution in [0.25, 0.3) is 0 Å². The first-order chi connectivity index (χ1) is 9.52. The Bertz CT molecular complexity index is 467. The molecule has 0 aromatic heterocycles. The highest BCUT2D eigenvalue weighted by Gasteiger charge is 2.13. The van der Waals surface area contributed by atoms with Crippen LogP contribution in [-0.2, 0) is 9.59 Å². The molecular weight excluding hydrogens is 256 g/mol. The molecule has 0 saturated heterocycles. The molecule has 1 aromatic carbocycles. The second-order valence-electron chi connectivity index (χ2n) is 4.68. The van der Waals surface area contributed by atoms with E-state index in [9.17, 15) is 9.59 Å². The maximum Gasteiger partial charge on any atom is 0.313 e. The van der Waals surface area contributed by atoms with Crippen molar-refractivity contribution in [1.82, 2.24) is 5.32 Å². The SMILES string of the molecule is C=CCOc1ccc(NC(=O)C(=O)NCC(C)C)cc1. The Labute approximate surface area is 119 Å². The largest absolute Gasteiger partial charge is 0.490 e. The molecule has 0 heterocycles. The van der Waals surface area contributed by atoms with Crippen LogP contribution in [0.15, 0.2) is 36.9 Å². The number of hydrogen-bond acceptors (Lipinski definition) is 3. The quantitative estimate of drug-likeness (QED) is 0.616. The van der Waals surface area contributed by atoms with E-state index in [4.69, 9.17) is 4.74 Å². The Kier molecular flexibility index (Phi) is 6.29. The standard InChI is InChI=1S/C15H20N2O3/c1-4-9-20-13-7-5-12(6-8-13)17-15(19)14(18)16-10-11(2)3/h4-8,11H,1,9-10H2,2-3H3,(H,16,18)(H,17,19). The van der Waals surface area contributed by atoms with Gasteiger partial charge in [-0.05, 0) is 30.2 Å². The first-order valence-electron chi connectivity index (χ1n) is 6.46. The van der Waals surface area contributed by atoms with Crippen molar-refractivity contribution in [3.8, 4) is 5.75 Å². The van der Waals surface area contributed by atoms with Gasteiger partial charge in [-0.3, -0.25) is 9.59 Å². The van der Waals surface area contributed by atoms with E-state index in [-0.39, 0.29) is 0 Å². The monoisotopic (exact) mass is 276 g/mol. The van der Waals surface area contributed by atoms with Gasteiger partial charge in [-0.25, -0.2) is 0 Å². The summed E-state index contributed by atoms with van der Waals surface area (Å²) in [5.41, 5.74) is 0.542. The van der Waals surface area contributed by atoms with Crippen LogP contribution >= 0.6 is 0 Å². The molecule has 0 fully saturated rings. The molecule has 20 heavy (non-hydrogen) atoms. The van der Waals surface area contributed by atoms with E-state index in [2.05, 4.69) is 17.2 Å². The van der Waals surface area contributed by atoms with Crippen molar-refractivity contribution < 1.29 is 14.3 Å². The van der Waals surface area contributed by atoms with Crippen molar-refractivity contribution >= 4 is 17.5 Å². The number of nitrogens with one attached hydrogen (secondary N) is 2. The van der Waals surface area contributed by atoms with Gasteiger partial charge < -0.3 is 15.4 Å². The average Bonchev–Trinajstić information content (AvgIpc) is 2.43. The van der Waals surface area contributed by atoms with Crippen molar-refractivity contribution in [2.75, 3.05) is 18.5 Å². The summed E-state index contributed by atoms with van der Waals surface area (Å²) in [6, 6.07) is 6.77. The van der Waals surface area contributed by atoms with Crippen molar-refractivity contribution in [3.63, 3.8) is 0 Å². The number of carbonyl (C=O) groups is 2. The van der Waals surface area contributed by atoms with Gasteiger partial charge in [-0.15, -0.1) is 0 Å². The smallest absolute Gasteiger partial charge is 0.313 e. The number of amides is 2. The highest BCUT2D eigenvalue weighted by molar-refractivity contribution is 6.39. The van der Waals surface area contributed by atoms with E-state index in [1.807, 2.05) is 13.8 Å². The van der Waals surface area contributed by atoms with E-state index in [0.29, 0.717) is 30.5 Å². The second-order valence-corrected chi connectivity index (χ2v) is 4.68. The molecular formula is C15H20N2O3. The molecule has 0 spiro atoms. The first kappa shape index (κ1) is 15.8. The number of carbonyl (C=O) groups excluding carboxylic acids is 2. The predicted molar refractivity (Wildman–Crippen MR) is 78.6 cm³/mol. The first-order valence-corrected chi connectivity index (χ1v) is 6.46. The second kappa shape index (κ2) is 7.99. The lowest BCUT2D eigenvalue weighted by atomic mass is 10.2. The molecule has 5 heteroatoms. The van der Waals surface area contributed by atoms with E-state index in [1.165, 1.54) is 0 Å². The minimum Gasteiger partial charge on any atom is -0.490 e. The highest BCUT2D eigenvalue weighted by atomic mass is 16.5. The molecule has 2 amide bonds. The minimum absolute atomic E-state index is 0.299. The molecule has 1 aromatic rings. The van der Waals surface area contributed by atoms with Gasteiger partial charge >= 0.3 is 11.8 Å². The summed E-state index contributed by atoms with van der Waals surface area (Å²) < 4.78 is 5.32. The summed E-state index contributed by atoms with van der Waals surface area (Å²) in [7, 11) is 0. The normalized spacial score (nSPS) is 9.95. The molecule has 0 aliphatic carbocycles. The van der Waals surface area contributed by atoms with E-state index >= 15 is 0 Å². The third-order valence-electron chi connectivity index (χ3n) is 2.36. The van der Waals surface area contributed by atoms with Crippen LogP contribution in [-0.4, -0.2) is 25.0 Å². The molecule has 108 valence electrons. The van der Waals surface area contributed by atoms with Crippen LogP contribution in [0.5, 0.6) is 5.75 Å². The summed E-state index contributed by atoms with van der Waals surface area (Å²) in [4.78, 5) is 23.1.